The Hall–Kier alpha value is 0.284. The Morgan fingerprint density at radius 1 is 1.43 bits per heavy atom. The molecule has 3 saturated carbocycles. The predicted octanol–water partition coefficient (Wildman–Crippen LogP) is 4.86. The fourth-order valence-electron chi connectivity index (χ4n) is 4.35. The van der Waals surface area contributed by atoms with Gasteiger partial charge in [-0.05, 0) is 23.7 Å². The minimum absolute atomic E-state index is 0.569. The number of nitrogens with zero attached hydrogens (tertiary/aromatic N) is 2. The summed E-state index contributed by atoms with van der Waals surface area (Å²) in [4.78, 5) is 4.42. The van der Waals surface area contributed by atoms with E-state index < -0.39 is 0 Å². The Morgan fingerprint density at radius 3 is 2.57 bits per heavy atom. The van der Waals surface area contributed by atoms with Crippen molar-refractivity contribution in [3.05, 3.63) is 24.6 Å². The van der Waals surface area contributed by atoms with E-state index in [4.69, 9.17) is 20.4 Å². The zero-order valence-corrected chi connectivity index (χ0v) is 15.6. The summed E-state index contributed by atoms with van der Waals surface area (Å²) < 4.78 is 2.13. The Labute approximate surface area is 143 Å². The first-order valence-corrected chi connectivity index (χ1v) is 10.3. The van der Waals surface area contributed by atoms with Gasteiger partial charge in [-0.3, -0.25) is 0 Å². The van der Waals surface area contributed by atoms with E-state index in [1.165, 1.54) is 18.7 Å². The average Bonchev–Trinajstić information content (AvgIpc) is 2.83. The average molecular weight is 375 g/mol. The van der Waals surface area contributed by atoms with E-state index in [2.05, 4.69) is 43.8 Å². The molecule has 3 fully saturated rings. The van der Waals surface area contributed by atoms with Crippen molar-refractivity contribution in [2.75, 3.05) is 0 Å². The van der Waals surface area contributed by atoms with Crippen molar-refractivity contribution < 1.29 is 12.7 Å². The van der Waals surface area contributed by atoms with Gasteiger partial charge in [0.2, 0.25) is 0 Å². The van der Waals surface area contributed by atoms with Crippen LogP contribution in [0.4, 0.5) is 0 Å². The number of imidazole rings is 1. The van der Waals surface area contributed by atoms with Gasteiger partial charge in [-0.1, -0.05) is 33.1 Å². The molecular weight excluding hydrogens is 350 g/mol. The van der Waals surface area contributed by atoms with Gasteiger partial charge in [0.1, 0.15) is 0 Å². The zero-order valence-electron chi connectivity index (χ0n) is 13.1. The van der Waals surface area contributed by atoms with E-state index in [0.29, 0.717) is 18.1 Å². The number of rotatable bonds is 3. The Balaban J connectivity index is 0.000000497. The van der Waals surface area contributed by atoms with Gasteiger partial charge in [-0.25, -0.2) is 4.98 Å². The van der Waals surface area contributed by atoms with Crippen LogP contribution in [0, 0.1) is 35.5 Å². The molecule has 4 atom stereocenters. The topological polar surface area (TPSA) is 17.8 Å². The number of aryl methyl sites for hydroxylation is 1. The summed E-state index contributed by atoms with van der Waals surface area (Å²) in [5.74, 6) is 4.75. The van der Waals surface area contributed by atoms with E-state index >= 15 is 0 Å². The Kier molecular flexibility index (Phi) is 6.08. The normalized spacial score (nSPS) is 33.0. The second kappa shape index (κ2) is 7.24. The quantitative estimate of drug-likeness (QED) is 0.545. The van der Waals surface area contributed by atoms with Crippen LogP contribution in [0.25, 0.3) is 0 Å². The van der Waals surface area contributed by atoms with Crippen LogP contribution in [0.2, 0.25) is 0 Å². The first-order chi connectivity index (χ1) is 9.91. The molecule has 5 heteroatoms. The van der Waals surface area contributed by atoms with Crippen molar-refractivity contribution in [1.29, 1.82) is 0 Å². The van der Waals surface area contributed by atoms with Crippen molar-refractivity contribution in [2.24, 2.45) is 36.1 Å². The number of hydrogen-bond acceptors (Lipinski definition) is 1. The van der Waals surface area contributed by atoms with Gasteiger partial charge in [0.05, 0.1) is 5.82 Å². The summed E-state index contributed by atoms with van der Waals surface area (Å²) in [6.45, 7) is 7.40. The van der Waals surface area contributed by atoms with E-state index in [9.17, 15) is 0 Å². The van der Waals surface area contributed by atoms with Crippen molar-refractivity contribution in [1.82, 2.24) is 9.55 Å². The van der Waals surface area contributed by atoms with Crippen LogP contribution in [-0.2, 0) is 26.1 Å². The molecule has 1 aromatic heterocycles. The fourth-order valence-corrected chi connectivity index (χ4v) is 4.35. The second-order valence-corrected chi connectivity index (χ2v) is 8.69. The van der Waals surface area contributed by atoms with Crippen LogP contribution >= 0.6 is 20.4 Å². The summed E-state index contributed by atoms with van der Waals surface area (Å²) in [5.41, 5.74) is 0.604. The number of halogens is 2. The molecule has 0 aliphatic heterocycles. The summed E-state index contributed by atoms with van der Waals surface area (Å²) in [6, 6.07) is 0. The molecule has 0 saturated heterocycles. The van der Waals surface area contributed by atoms with Crippen LogP contribution in [0.5, 0.6) is 0 Å². The molecule has 1 aromatic rings. The molecule has 0 radical (unpaired) electrons. The Bertz CT molecular complexity index is 461. The first kappa shape index (κ1) is 17.6. The van der Waals surface area contributed by atoms with Crippen LogP contribution in [0.1, 0.15) is 39.4 Å². The molecule has 4 rings (SSSR count). The van der Waals surface area contributed by atoms with Crippen molar-refractivity contribution in [3.63, 3.8) is 0 Å². The number of hydrogen-bond donors (Lipinski definition) is 0. The third-order valence-corrected chi connectivity index (χ3v) is 5.94. The van der Waals surface area contributed by atoms with Crippen molar-refractivity contribution in [3.8, 4) is 0 Å². The van der Waals surface area contributed by atoms with Crippen molar-refractivity contribution in [2.45, 2.75) is 40.0 Å². The van der Waals surface area contributed by atoms with E-state index in [-0.39, 0.29) is 0 Å². The standard InChI is InChI=1S/C16H25N2.2ClH.Ni/c1-11-12(5-6-15-17-7-8-18(15)4)9-13-10-14(11)16(13,2)3;;;/h5,7-8,11-14H,6,9-10H2,1-4H3;2*1H;/q-1;;;+3/p-2/t11-,12+,13+,14+;;;/m0.../s1. The van der Waals surface area contributed by atoms with Crippen LogP contribution in [0.15, 0.2) is 12.4 Å². The summed E-state index contributed by atoms with van der Waals surface area (Å²) in [6.07, 6.45) is 10.4. The minimum atomic E-state index is 0.569. The monoisotopic (exact) mass is 373 g/mol. The van der Waals surface area contributed by atoms with Crippen LogP contribution in [0.3, 0.4) is 0 Å². The summed E-state index contributed by atoms with van der Waals surface area (Å²) >= 11 is 0.569. The molecule has 123 valence electrons. The van der Waals surface area contributed by atoms with Gasteiger partial charge >= 0.3 is 33.0 Å². The molecule has 0 spiro atoms. The van der Waals surface area contributed by atoms with E-state index in [1.807, 2.05) is 12.4 Å². The number of fused-ring (bicyclic) bond motifs is 2. The molecule has 0 aromatic carbocycles. The molecular formula is C16H25Cl2N2Ni. The maximum atomic E-state index is 4.70. The zero-order chi connectivity index (χ0) is 15.6. The molecule has 0 unspecified atom stereocenters. The molecule has 3 aliphatic rings. The van der Waals surface area contributed by atoms with Crippen molar-refractivity contribution >= 4 is 20.4 Å². The van der Waals surface area contributed by atoms with Gasteiger partial charge in [0.15, 0.2) is 0 Å². The number of aromatic nitrogens is 2. The summed E-state index contributed by atoms with van der Waals surface area (Å²) in [5, 5.41) is 0. The van der Waals surface area contributed by atoms with E-state index in [1.54, 1.807) is 0 Å². The molecule has 1 heterocycles. The molecule has 3 aliphatic carbocycles. The SMILES string of the molecule is C[C@H]1[C@H]([CH-]Cc2nccn2C)C[C@@H]2C[C@H]1C2(C)C.[Cl][Ni+][Cl]. The van der Waals surface area contributed by atoms with E-state index in [0.717, 1.165) is 30.1 Å². The summed E-state index contributed by atoms with van der Waals surface area (Å²) in [7, 11) is 11.5. The Morgan fingerprint density at radius 2 is 2.10 bits per heavy atom. The van der Waals surface area contributed by atoms with Crippen LogP contribution in [-0.4, -0.2) is 9.55 Å². The molecule has 2 nitrogen and oxygen atoms in total. The predicted molar refractivity (Wildman–Crippen MR) is 85.6 cm³/mol. The van der Waals surface area contributed by atoms with Gasteiger partial charge in [0.25, 0.3) is 0 Å². The molecule has 21 heavy (non-hydrogen) atoms. The third-order valence-electron chi connectivity index (χ3n) is 5.94. The molecule has 0 N–H and O–H groups in total. The van der Waals surface area contributed by atoms with Gasteiger partial charge in [0, 0.05) is 19.4 Å². The van der Waals surface area contributed by atoms with Crippen LogP contribution < -0.4 is 0 Å². The van der Waals surface area contributed by atoms with Gasteiger partial charge in [-0.2, -0.15) is 5.92 Å². The van der Waals surface area contributed by atoms with Gasteiger partial charge < -0.3 is 11.0 Å². The first-order valence-electron chi connectivity index (χ1n) is 7.53. The maximum absolute atomic E-state index is 4.70. The second-order valence-electron chi connectivity index (χ2n) is 7.06. The fraction of sp³-hybridized carbons (Fsp3) is 0.750. The molecule has 2 bridgehead atoms. The third kappa shape index (κ3) is 3.62. The van der Waals surface area contributed by atoms with Gasteiger partial charge in [-0.15, -0.1) is 6.42 Å². The molecule has 0 amide bonds.